The Bertz CT molecular complexity index is 250. The minimum atomic E-state index is 0.493. The summed E-state index contributed by atoms with van der Waals surface area (Å²) in [7, 11) is 2.02. The number of hydrogen-bond donors (Lipinski definition) is 1. The van der Waals surface area contributed by atoms with Crippen molar-refractivity contribution in [3.8, 4) is 0 Å². The van der Waals surface area contributed by atoms with Gasteiger partial charge in [0, 0.05) is 19.2 Å². The summed E-state index contributed by atoms with van der Waals surface area (Å²) >= 11 is 0. The normalized spacial score (nSPS) is 11.1. The standard InChI is InChI=1S/C9H17N3/c1-7(2)9-8(4-5-10)12(3)6-11-9/h6-7H,4-5,10H2,1-3H3. The van der Waals surface area contributed by atoms with Crippen LogP contribution in [0.3, 0.4) is 0 Å². The topological polar surface area (TPSA) is 43.8 Å². The number of aromatic nitrogens is 2. The summed E-state index contributed by atoms with van der Waals surface area (Å²) in [6.07, 6.45) is 2.78. The van der Waals surface area contributed by atoms with Gasteiger partial charge >= 0.3 is 0 Å². The van der Waals surface area contributed by atoms with Gasteiger partial charge in [-0.25, -0.2) is 4.98 Å². The maximum atomic E-state index is 5.52. The van der Waals surface area contributed by atoms with E-state index in [1.54, 1.807) is 0 Å². The Morgan fingerprint density at radius 3 is 2.75 bits per heavy atom. The van der Waals surface area contributed by atoms with Crippen LogP contribution >= 0.6 is 0 Å². The fourth-order valence-corrected chi connectivity index (χ4v) is 1.40. The number of nitrogens with zero attached hydrogens (tertiary/aromatic N) is 2. The second kappa shape index (κ2) is 3.72. The fourth-order valence-electron chi connectivity index (χ4n) is 1.40. The molecule has 2 N–H and O–H groups in total. The third-order valence-electron chi connectivity index (χ3n) is 2.02. The van der Waals surface area contributed by atoms with E-state index < -0.39 is 0 Å². The van der Waals surface area contributed by atoms with Crippen molar-refractivity contribution in [3.63, 3.8) is 0 Å². The van der Waals surface area contributed by atoms with E-state index in [-0.39, 0.29) is 0 Å². The maximum Gasteiger partial charge on any atom is 0.0949 e. The largest absolute Gasteiger partial charge is 0.337 e. The second-order valence-electron chi connectivity index (χ2n) is 3.38. The molecule has 3 nitrogen and oxygen atoms in total. The summed E-state index contributed by atoms with van der Waals surface area (Å²) in [4.78, 5) is 4.34. The molecular weight excluding hydrogens is 150 g/mol. The predicted molar refractivity (Wildman–Crippen MR) is 50.1 cm³/mol. The summed E-state index contributed by atoms with van der Waals surface area (Å²) in [5.41, 5.74) is 7.97. The SMILES string of the molecule is CC(C)c1ncn(C)c1CCN. The van der Waals surface area contributed by atoms with Gasteiger partial charge in [-0.1, -0.05) is 13.8 Å². The number of imidazole rings is 1. The Balaban J connectivity index is 2.95. The van der Waals surface area contributed by atoms with E-state index in [1.807, 2.05) is 13.4 Å². The molecule has 0 unspecified atom stereocenters. The molecule has 0 amide bonds. The molecule has 0 spiro atoms. The van der Waals surface area contributed by atoms with Gasteiger partial charge in [-0.3, -0.25) is 0 Å². The highest BCUT2D eigenvalue weighted by Crippen LogP contribution is 2.16. The maximum absolute atomic E-state index is 5.52. The number of aryl methyl sites for hydroxylation is 1. The van der Waals surface area contributed by atoms with Crippen molar-refractivity contribution in [3.05, 3.63) is 17.7 Å². The zero-order valence-electron chi connectivity index (χ0n) is 8.04. The zero-order valence-corrected chi connectivity index (χ0v) is 8.04. The van der Waals surface area contributed by atoms with Gasteiger partial charge < -0.3 is 10.3 Å². The van der Waals surface area contributed by atoms with Gasteiger partial charge in [0.2, 0.25) is 0 Å². The average molecular weight is 167 g/mol. The molecule has 0 atom stereocenters. The summed E-state index contributed by atoms with van der Waals surface area (Å²) in [5.74, 6) is 0.493. The zero-order chi connectivity index (χ0) is 9.14. The van der Waals surface area contributed by atoms with Crippen LogP contribution in [0.2, 0.25) is 0 Å². The third kappa shape index (κ3) is 1.67. The second-order valence-corrected chi connectivity index (χ2v) is 3.38. The van der Waals surface area contributed by atoms with Crippen LogP contribution in [-0.4, -0.2) is 16.1 Å². The molecule has 1 aromatic rings. The highest BCUT2D eigenvalue weighted by atomic mass is 15.0. The Hall–Kier alpha value is -0.830. The van der Waals surface area contributed by atoms with Crippen molar-refractivity contribution >= 4 is 0 Å². The van der Waals surface area contributed by atoms with Crippen LogP contribution in [0, 0.1) is 0 Å². The van der Waals surface area contributed by atoms with Gasteiger partial charge in [0.1, 0.15) is 0 Å². The first-order chi connectivity index (χ1) is 5.66. The van der Waals surface area contributed by atoms with Gasteiger partial charge in [-0.2, -0.15) is 0 Å². The Labute approximate surface area is 73.6 Å². The molecule has 0 aliphatic rings. The highest BCUT2D eigenvalue weighted by Gasteiger charge is 2.10. The third-order valence-corrected chi connectivity index (χ3v) is 2.02. The van der Waals surface area contributed by atoms with E-state index in [0.29, 0.717) is 12.5 Å². The Morgan fingerprint density at radius 1 is 1.58 bits per heavy atom. The molecule has 0 saturated carbocycles. The fraction of sp³-hybridized carbons (Fsp3) is 0.667. The first kappa shape index (κ1) is 9.26. The van der Waals surface area contributed by atoms with Crippen LogP contribution in [0.15, 0.2) is 6.33 Å². The molecule has 0 aromatic carbocycles. The summed E-state index contributed by atoms with van der Waals surface area (Å²) < 4.78 is 2.06. The minimum Gasteiger partial charge on any atom is -0.337 e. The summed E-state index contributed by atoms with van der Waals surface area (Å²) in [6.45, 7) is 5.00. The van der Waals surface area contributed by atoms with Gasteiger partial charge in [-0.15, -0.1) is 0 Å². The molecule has 68 valence electrons. The lowest BCUT2D eigenvalue weighted by Crippen LogP contribution is -2.09. The lowest BCUT2D eigenvalue weighted by Gasteiger charge is -2.06. The van der Waals surface area contributed by atoms with E-state index in [9.17, 15) is 0 Å². The number of rotatable bonds is 3. The van der Waals surface area contributed by atoms with E-state index in [2.05, 4.69) is 23.4 Å². The lowest BCUT2D eigenvalue weighted by molar-refractivity contribution is 0.761. The average Bonchev–Trinajstić information content (AvgIpc) is 2.34. The Kier molecular flexibility index (Phi) is 2.87. The lowest BCUT2D eigenvalue weighted by atomic mass is 10.1. The highest BCUT2D eigenvalue weighted by molar-refractivity contribution is 5.16. The van der Waals surface area contributed by atoms with E-state index in [4.69, 9.17) is 5.73 Å². The van der Waals surface area contributed by atoms with Crippen molar-refractivity contribution in [2.24, 2.45) is 12.8 Å². The first-order valence-corrected chi connectivity index (χ1v) is 4.37. The molecule has 0 fully saturated rings. The van der Waals surface area contributed by atoms with Crippen molar-refractivity contribution in [1.82, 2.24) is 9.55 Å². The van der Waals surface area contributed by atoms with Crippen molar-refractivity contribution < 1.29 is 0 Å². The molecule has 1 heterocycles. The van der Waals surface area contributed by atoms with Crippen LogP contribution in [0.25, 0.3) is 0 Å². The monoisotopic (exact) mass is 167 g/mol. The molecule has 0 saturated heterocycles. The van der Waals surface area contributed by atoms with Crippen LogP contribution in [0.1, 0.15) is 31.2 Å². The van der Waals surface area contributed by atoms with Gasteiger partial charge in [0.15, 0.2) is 0 Å². The molecule has 12 heavy (non-hydrogen) atoms. The minimum absolute atomic E-state index is 0.493. The Morgan fingerprint density at radius 2 is 2.25 bits per heavy atom. The van der Waals surface area contributed by atoms with Crippen LogP contribution in [0.4, 0.5) is 0 Å². The van der Waals surface area contributed by atoms with Gasteiger partial charge in [0.25, 0.3) is 0 Å². The number of nitrogens with two attached hydrogens (primary N) is 1. The smallest absolute Gasteiger partial charge is 0.0949 e. The van der Waals surface area contributed by atoms with Gasteiger partial charge in [-0.05, 0) is 12.5 Å². The first-order valence-electron chi connectivity index (χ1n) is 4.37. The molecule has 1 rings (SSSR count). The van der Waals surface area contributed by atoms with Crippen molar-refractivity contribution in [1.29, 1.82) is 0 Å². The van der Waals surface area contributed by atoms with E-state index in [0.717, 1.165) is 6.42 Å². The predicted octanol–water partition coefficient (Wildman–Crippen LogP) is 1.04. The quantitative estimate of drug-likeness (QED) is 0.731. The molecule has 0 bridgehead atoms. The molecule has 3 heteroatoms. The molecule has 0 aliphatic heterocycles. The summed E-state index contributed by atoms with van der Waals surface area (Å²) in [6, 6.07) is 0. The number of hydrogen-bond acceptors (Lipinski definition) is 2. The van der Waals surface area contributed by atoms with Crippen molar-refractivity contribution in [2.45, 2.75) is 26.2 Å². The molecule has 0 aliphatic carbocycles. The van der Waals surface area contributed by atoms with Gasteiger partial charge in [0.05, 0.1) is 12.0 Å². The summed E-state index contributed by atoms with van der Waals surface area (Å²) in [5, 5.41) is 0. The van der Waals surface area contributed by atoms with E-state index >= 15 is 0 Å². The molecule has 1 aromatic heterocycles. The van der Waals surface area contributed by atoms with Crippen molar-refractivity contribution in [2.75, 3.05) is 6.54 Å². The van der Waals surface area contributed by atoms with Crippen LogP contribution in [-0.2, 0) is 13.5 Å². The molecule has 0 radical (unpaired) electrons. The van der Waals surface area contributed by atoms with Crippen LogP contribution in [0.5, 0.6) is 0 Å². The molecular formula is C9H17N3. The van der Waals surface area contributed by atoms with Crippen LogP contribution < -0.4 is 5.73 Å². The van der Waals surface area contributed by atoms with E-state index in [1.165, 1.54) is 11.4 Å².